The van der Waals surface area contributed by atoms with Gasteiger partial charge in [-0.15, -0.1) is 0 Å². The van der Waals surface area contributed by atoms with Crippen LogP contribution in [0.15, 0.2) is 48.5 Å². The van der Waals surface area contributed by atoms with Gasteiger partial charge in [0, 0.05) is 5.56 Å². The van der Waals surface area contributed by atoms with E-state index in [0.29, 0.717) is 12.8 Å². The van der Waals surface area contributed by atoms with Gasteiger partial charge in [-0.1, -0.05) is 30.3 Å². The van der Waals surface area contributed by atoms with E-state index in [0.717, 1.165) is 23.8 Å². The number of benzene rings is 2. The summed E-state index contributed by atoms with van der Waals surface area (Å²) < 4.78 is 26.0. The number of carboxylic acid groups (broad SMARTS) is 1. The zero-order valence-electron chi connectivity index (χ0n) is 12.8. The molecule has 24 heavy (non-hydrogen) atoms. The lowest BCUT2D eigenvalue weighted by molar-refractivity contribution is -0.139. The van der Waals surface area contributed by atoms with Gasteiger partial charge in [0.15, 0.2) is 11.6 Å². The van der Waals surface area contributed by atoms with Crippen molar-refractivity contribution >= 4 is 11.9 Å². The van der Waals surface area contributed by atoms with Gasteiger partial charge in [0.1, 0.15) is 6.04 Å². The third-order valence-electron chi connectivity index (χ3n) is 3.59. The Morgan fingerprint density at radius 3 is 2.38 bits per heavy atom. The van der Waals surface area contributed by atoms with Crippen molar-refractivity contribution in [2.75, 3.05) is 0 Å². The maximum Gasteiger partial charge on any atom is 0.326 e. The second-order valence-corrected chi connectivity index (χ2v) is 5.37. The van der Waals surface area contributed by atoms with Crippen molar-refractivity contribution < 1.29 is 23.5 Å². The highest BCUT2D eigenvalue weighted by atomic mass is 19.2. The Morgan fingerprint density at radius 2 is 1.75 bits per heavy atom. The maximum atomic E-state index is 13.2. The normalized spacial score (nSPS) is 11.8. The zero-order chi connectivity index (χ0) is 17.5. The molecule has 2 rings (SSSR count). The first kappa shape index (κ1) is 17.6. The van der Waals surface area contributed by atoms with Crippen LogP contribution in [-0.4, -0.2) is 23.0 Å². The third kappa shape index (κ3) is 4.87. The van der Waals surface area contributed by atoms with Crippen LogP contribution < -0.4 is 5.32 Å². The lowest BCUT2D eigenvalue weighted by Gasteiger charge is -2.14. The molecule has 0 bridgehead atoms. The molecule has 0 unspecified atom stereocenters. The first-order valence-electron chi connectivity index (χ1n) is 7.50. The minimum atomic E-state index is -1.17. The van der Waals surface area contributed by atoms with Gasteiger partial charge < -0.3 is 10.4 Å². The summed E-state index contributed by atoms with van der Waals surface area (Å²) in [5.74, 6) is -4.14. The molecular weight excluding hydrogens is 316 g/mol. The number of hydrogen-bond donors (Lipinski definition) is 2. The quantitative estimate of drug-likeness (QED) is 0.818. The first-order chi connectivity index (χ1) is 11.5. The Balaban J connectivity index is 1.93. The SMILES string of the molecule is O=C(N[C@H](CCCc1ccccc1)C(=O)O)c1ccc(F)c(F)c1. The molecule has 126 valence electrons. The molecule has 4 nitrogen and oxygen atoms in total. The Labute approximate surface area is 138 Å². The summed E-state index contributed by atoms with van der Waals surface area (Å²) in [6.07, 6.45) is 1.49. The number of halogens is 2. The minimum absolute atomic E-state index is 0.122. The second-order valence-electron chi connectivity index (χ2n) is 5.37. The number of carbonyl (C=O) groups excluding carboxylic acids is 1. The summed E-state index contributed by atoms with van der Waals surface area (Å²) in [6, 6.07) is 11.2. The van der Waals surface area contributed by atoms with Crippen LogP contribution in [0.4, 0.5) is 8.78 Å². The molecule has 2 aromatic rings. The molecule has 0 saturated heterocycles. The molecule has 6 heteroatoms. The van der Waals surface area contributed by atoms with Gasteiger partial charge in [0.2, 0.25) is 0 Å². The van der Waals surface area contributed by atoms with Crippen molar-refractivity contribution in [3.63, 3.8) is 0 Å². The van der Waals surface area contributed by atoms with Crippen LogP contribution in [-0.2, 0) is 11.2 Å². The topological polar surface area (TPSA) is 66.4 Å². The summed E-state index contributed by atoms with van der Waals surface area (Å²) in [5, 5.41) is 11.6. The van der Waals surface area contributed by atoms with Gasteiger partial charge in [0.05, 0.1) is 0 Å². The minimum Gasteiger partial charge on any atom is -0.480 e. The molecule has 0 aliphatic rings. The average molecular weight is 333 g/mol. The lowest BCUT2D eigenvalue weighted by atomic mass is 10.0. The molecule has 0 aromatic heterocycles. The first-order valence-corrected chi connectivity index (χ1v) is 7.50. The van der Waals surface area contributed by atoms with Gasteiger partial charge >= 0.3 is 5.97 Å². The summed E-state index contributed by atoms with van der Waals surface area (Å²) in [5.41, 5.74) is 0.955. The predicted molar refractivity (Wildman–Crippen MR) is 84.6 cm³/mol. The highest BCUT2D eigenvalue weighted by Gasteiger charge is 2.21. The van der Waals surface area contributed by atoms with Crippen molar-refractivity contribution in [1.29, 1.82) is 0 Å². The molecule has 0 spiro atoms. The molecule has 0 aliphatic carbocycles. The molecule has 0 saturated carbocycles. The van der Waals surface area contributed by atoms with E-state index in [9.17, 15) is 23.5 Å². The molecule has 1 amide bonds. The molecule has 2 aromatic carbocycles. The van der Waals surface area contributed by atoms with Crippen molar-refractivity contribution in [2.45, 2.75) is 25.3 Å². The van der Waals surface area contributed by atoms with Gasteiger partial charge in [-0.25, -0.2) is 13.6 Å². The van der Waals surface area contributed by atoms with E-state index in [2.05, 4.69) is 5.32 Å². The average Bonchev–Trinajstić information content (AvgIpc) is 2.57. The Hall–Kier alpha value is -2.76. The number of aryl methyl sites for hydroxylation is 1. The largest absolute Gasteiger partial charge is 0.480 e. The Bertz CT molecular complexity index is 719. The number of nitrogens with one attached hydrogen (secondary N) is 1. The van der Waals surface area contributed by atoms with Crippen LogP contribution in [0.3, 0.4) is 0 Å². The summed E-state index contributed by atoms with van der Waals surface area (Å²) in [6.45, 7) is 0. The number of amides is 1. The zero-order valence-corrected chi connectivity index (χ0v) is 12.8. The highest BCUT2D eigenvalue weighted by Crippen LogP contribution is 2.11. The fraction of sp³-hybridized carbons (Fsp3) is 0.222. The van der Waals surface area contributed by atoms with Gasteiger partial charge in [-0.2, -0.15) is 0 Å². The second kappa shape index (κ2) is 8.19. The number of carboxylic acids is 1. The Morgan fingerprint density at radius 1 is 1.04 bits per heavy atom. The lowest BCUT2D eigenvalue weighted by Crippen LogP contribution is -2.40. The van der Waals surface area contributed by atoms with Crippen molar-refractivity contribution in [3.05, 3.63) is 71.3 Å². The van der Waals surface area contributed by atoms with E-state index in [1.54, 1.807) is 0 Å². The van der Waals surface area contributed by atoms with E-state index in [4.69, 9.17) is 0 Å². The molecule has 0 heterocycles. The van der Waals surface area contributed by atoms with Crippen LogP contribution in [0.2, 0.25) is 0 Å². The van der Waals surface area contributed by atoms with Crippen LogP contribution in [0.25, 0.3) is 0 Å². The number of aliphatic carboxylic acids is 1. The van der Waals surface area contributed by atoms with Crippen molar-refractivity contribution in [3.8, 4) is 0 Å². The maximum absolute atomic E-state index is 13.2. The number of hydrogen-bond acceptors (Lipinski definition) is 2. The Kier molecular flexibility index (Phi) is 6.01. The van der Waals surface area contributed by atoms with Crippen LogP contribution >= 0.6 is 0 Å². The van der Waals surface area contributed by atoms with Crippen LogP contribution in [0.5, 0.6) is 0 Å². The highest BCUT2D eigenvalue weighted by molar-refractivity contribution is 5.96. The molecule has 0 fully saturated rings. The number of carbonyl (C=O) groups is 2. The van der Waals surface area contributed by atoms with Crippen LogP contribution in [0, 0.1) is 11.6 Å². The van der Waals surface area contributed by atoms with E-state index < -0.39 is 29.6 Å². The fourth-order valence-electron chi connectivity index (χ4n) is 2.29. The molecular formula is C18H17F2NO3. The third-order valence-corrected chi connectivity index (χ3v) is 3.59. The van der Waals surface area contributed by atoms with Gasteiger partial charge in [0.25, 0.3) is 5.91 Å². The van der Waals surface area contributed by atoms with Gasteiger partial charge in [-0.3, -0.25) is 4.79 Å². The summed E-state index contributed by atoms with van der Waals surface area (Å²) in [7, 11) is 0. The smallest absolute Gasteiger partial charge is 0.326 e. The van der Waals surface area contributed by atoms with Gasteiger partial charge in [-0.05, 0) is 43.0 Å². The van der Waals surface area contributed by atoms with Crippen LogP contribution in [0.1, 0.15) is 28.8 Å². The van der Waals surface area contributed by atoms with E-state index >= 15 is 0 Å². The van der Waals surface area contributed by atoms with Crippen molar-refractivity contribution in [2.24, 2.45) is 0 Å². The molecule has 2 N–H and O–H groups in total. The summed E-state index contributed by atoms with van der Waals surface area (Å²) in [4.78, 5) is 23.3. The molecule has 0 radical (unpaired) electrons. The monoisotopic (exact) mass is 333 g/mol. The van der Waals surface area contributed by atoms with E-state index in [1.807, 2.05) is 30.3 Å². The summed E-state index contributed by atoms with van der Waals surface area (Å²) >= 11 is 0. The molecule has 0 aliphatic heterocycles. The van der Waals surface area contributed by atoms with E-state index in [1.165, 1.54) is 0 Å². The van der Waals surface area contributed by atoms with E-state index in [-0.39, 0.29) is 12.0 Å². The van der Waals surface area contributed by atoms with Crippen molar-refractivity contribution in [1.82, 2.24) is 5.32 Å². The predicted octanol–water partition coefficient (Wildman–Crippen LogP) is 3.17. The standard InChI is InChI=1S/C18H17F2NO3/c19-14-10-9-13(11-15(14)20)17(22)21-16(18(23)24)8-4-7-12-5-2-1-3-6-12/h1-3,5-6,9-11,16H,4,7-8H2,(H,21,22)(H,23,24)/t16-/m1/s1. The fourth-order valence-corrected chi connectivity index (χ4v) is 2.29. The number of rotatable bonds is 7. The molecule has 1 atom stereocenters.